The molecule has 4 aromatic rings. The molecule has 38 heavy (non-hydrogen) atoms. The lowest BCUT2D eigenvalue weighted by atomic mass is 9.95. The number of carbonyl (C=O) groups is 1. The van der Waals surface area contributed by atoms with E-state index in [1.165, 1.54) is 11.1 Å². The van der Waals surface area contributed by atoms with Crippen molar-refractivity contribution < 1.29 is 4.79 Å². The monoisotopic (exact) mass is 541 g/mol. The molecule has 0 saturated carbocycles. The number of aromatic nitrogens is 3. The molecule has 0 bridgehead atoms. The Morgan fingerprint density at radius 2 is 1.76 bits per heavy atom. The average Bonchev–Trinajstić information content (AvgIpc) is 3.30. The Kier molecular flexibility index (Phi) is 7.63. The van der Waals surface area contributed by atoms with Crippen LogP contribution >= 0.6 is 23.5 Å². The second-order valence-corrected chi connectivity index (χ2v) is 11.4. The lowest BCUT2D eigenvalue weighted by Crippen LogP contribution is -2.31. The highest BCUT2D eigenvalue weighted by Crippen LogP contribution is 2.37. The Morgan fingerprint density at radius 1 is 1.00 bits per heavy atom. The fourth-order valence-electron chi connectivity index (χ4n) is 4.67. The molecule has 194 valence electrons. The van der Waals surface area contributed by atoms with Crippen LogP contribution in [-0.2, 0) is 10.5 Å². The number of aryl methyl sites for hydroxylation is 3. The molecule has 2 heterocycles. The van der Waals surface area contributed by atoms with Gasteiger partial charge < -0.3 is 10.6 Å². The van der Waals surface area contributed by atoms with Crippen molar-refractivity contribution in [1.82, 2.24) is 14.8 Å². The standard InChI is InChI=1S/C30H31N5OS2/c1-18-7-6-8-22(16-18)17-38-30-33-29-31-21(4)26(28(36)32-25-14-9-19(2)15-20(25)3)27(35(29)34-30)23-10-12-24(37-5)13-11-23/h6-16,27H,17H2,1-5H3,(H,32,36)(H,31,33,34)/t27-/m0/s1. The van der Waals surface area contributed by atoms with Gasteiger partial charge in [-0.25, -0.2) is 4.68 Å². The highest BCUT2D eigenvalue weighted by Gasteiger charge is 2.34. The second kappa shape index (κ2) is 11.1. The summed E-state index contributed by atoms with van der Waals surface area (Å²) in [6.45, 7) is 8.08. The van der Waals surface area contributed by atoms with E-state index in [9.17, 15) is 4.79 Å². The topological polar surface area (TPSA) is 71.8 Å². The van der Waals surface area contributed by atoms with Crippen molar-refractivity contribution in [3.05, 3.63) is 106 Å². The van der Waals surface area contributed by atoms with E-state index in [1.54, 1.807) is 23.5 Å². The zero-order valence-electron chi connectivity index (χ0n) is 22.2. The van der Waals surface area contributed by atoms with E-state index in [4.69, 9.17) is 10.1 Å². The largest absolute Gasteiger partial charge is 0.328 e. The number of hydrogen-bond donors (Lipinski definition) is 2. The summed E-state index contributed by atoms with van der Waals surface area (Å²) in [6, 6.07) is 22.4. The number of allylic oxidation sites excluding steroid dienone is 1. The molecule has 5 rings (SSSR count). The number of benzene rings is 3. The molecule has 0 fully saturated rings. The Bertz CT molecular complexity index is 1520. The molecule has 1 amide bonds. The minimum atomic E-state index is -0.409. The lowest BCUT2D eigenvalue weighted by Gasteiger charge is -2.29. The number of thioether (sulfide) groups is 2. The number of nitrogens with one attached hydrogen (secondary N) is 2. The van der Waals surface area contributed by atoms with Gasteiger partial charge in [-0.1, -0.05) is 71.4 Å². The van der Waals surface area contributed by atoms with Gasteiger partial charge in [-0.15, -0.1) is 16.9 Å². The molecule has 0 saturated heterocycles. The van der Waals surface area contributed by atoms with Gasteiger partial charge in [0.25, 0.3) is 5.91 Å². The minimum absolute atomic E-state index is 0.156. The van der Waals surface area contributed by atoms with Crippen LogP contribution in [0.15, 0.2) is 88.1 Å². The van der Waals surface area contributed by atoms with Crippen LogP contribution in [0, 0.1) is 20.8 Å². The van der Waals surface area contributed by atoms with E-state index in [2.05, 4.69) is 78.4 Å². The van der Waals surface area contributed by atoms with E-state index < -0.39 is 6.04 Å². The van der Waals surface area contributed by atoms with E-state index in [-0.39, 0.29) is 5.91 Å². The molecule has 6 nitrogen and oxygen atoms in total. The maximum atomic E-state index is 13.8. The Labute approximate surface area is 232 Å². The molecule has 3 aromatic carbocycles. The molecule has 0 radical (unpaired) electrons. The van der Waals surface area contributed by atoms with Crippen LogP contribution in [0.25, 0.3) is 0 Å². The van der Waals surface area contributed by atoms with Crippen LogP contribution in [0.4, 0.5) is 11.6 Å². The highest BCUT2D eigenvalue weighted by molar-refractivity contribution is 7.98. The van der Waals surface area contributed by atoms with Crippen molar-refractivity contribution >= 4 is 41.1 Å². The van der Waals surface area contributed by atoms with Crippen LogP contribution in [-0.4, -0.2) is 26.9 Å². The second-order valence-electron chi connectivity index (χ2n) is 9.55. The lowest BCUT2D eigenvalue weighted by molar-refractivity contribution is -0.113. The number of hydrogen-bond acceptors (Lipinski definition) is 6. The first-order valence-corrected chi connectivity index (χ1v) is 14.7. The number of nitrogens with zero attached hydrogens (tertiary/aromatic N) is 3. The summed E-state index contributed by atoms with van der Waals surface area (Å²) in [5.41, 5.74) is 7.81. The number of carbonyl (C=O) groups excluding carboxylic acids is 1. The molecular formula is C30H31N5OS2. The SMILES string of the molecule is CSc1ccc([C@H]2C(C(=O)Nc3ccc(C)cc3C)=C(C)Nc3nc(SCc4cccc(C)c4)nn32)cc1. The molecule has 1 aromatic heterocycles. The average molecular weight is 542 g/mol. The zero-order valence-corrected chi connectivity index (χ0v) is 23.8. The molecule has 1 aliphatic heterocycles. The fourth-order valence-corrected chi connectivity index (χ4v) is 5.85. The van der Waals surface area contributed by atoms with Gasteiger partial charge >= 0.3 is 0 Å². The van der Waals surface area contributed by atoms with Gasteiger partial charge in [0.2, 0.25) is 11.1 Å². The Hall–Kier alpha value is -3.49. The third kappa shape index (κ3) is 5.51. The first kappa shape index (κ1) is 26.1. The molecule has 1 atom stereocenters. The smallest absolute Gasteiger partial charge is 0.255 e. The van der Waals surface area contributed by atoms with Crippen molar-refractivity contribution in [2.75, 3.05) is 16.9 Å². The van der Waals surface area contributed by atoms with Crippen LogP contribution < -0.4 is 10.6 Å². The van der Waals surface area contributed by atoms with Crippen molar-refractivity contribution in [1.29, 1.82) is 0 Å². The first-order chi connectivity index (χ1) is 18.3. The fraction of sp³-hybridized carbons (Fsp3) is 0.233. The normalized spacial score (nSPS) is 14.7. The van der Waals surface area contributed by atoms with E-state index >= 15 is 0 Å². The zero-order chi connectivity index (χ0) is 26.8. The number of amides is 1. The van der Waals surface area contributed by atoms with Gasteiger partial charge in [0, 0.05) is 22.0 Å². The number of fused-ring (bicyclic) bond motifs is 1. The van der Waals surface area contributed by atoms with Crippen molar-refractivity contribution in [2.24, 2.45) is 0 Å². The molecule has 2 N–H and O–H groups in total. The highest BCUT2D eigenvalue weighted by atomic mass is 32.2. The third-order valence-corrected chi connectivity index (χ3v) is 8.24. The predicted molar refractivity (Wildman–Crippen MR) is 158 cm³/mol. The molecule has 1 aliphatic rings. The maximum Gasteiger partial charge on any atom is 0.255 e. The quantitative estimate of drug-likeness (QED) is 0.242. The summed E-state index contributed by atoms with van der Waals surface area (Å²) in [7, 11) is 0. The number of anilines is 2. The summed E-state index contributed by atoms with van der Waals surface area (Å²) in [6.07, 6.45) is 2.06. The van der Waals surface area contributed by atoms with Gasteiger partial charge in [-0.05, 0) is 68.8 Å². The van der Waals surface area contributed by atoms with Gasteiger partial charge in [-0.2, -0.15) is 4.98 Å². The van der Waals surface area contributed by atoms with Crippen LogP contribution in [0.1, 0.15) is 40.8 Å². The third-order valence-electron chi connectivity index (χ3n) is 6.59. The maximum absolute atomic E-state index is 13.8. The molecule has 0 spiro atoms. The van der Waals surface area contributed by atoms with Gasteiger partial charge in [-0.3, -0.25) is 4.79 Å². The van der Waals surface area contributed by atoms with Crippen molar-refractivity contribution in [2.45, 2.75) is 49.5 Å². The van der Waals surface area contributed by atoms with Crippen LogP contribution in [0.3, 0.4) is 0 Å². The summed E-state index contributed by atoms with van der Waals surface area (Å²) in [5, 5.41) is 12.0. The van der Waals surface area contributed by atoms with E-state index in [1.807, 2.05) is 37.6 Å². The van der Waals surface area contributed by atoms with Crippen molar-refractivity contribution in [3.8, 4) is 0 Å². The Balaban J connectivity index is 1.49. The minimum Gasteiger partial charge on any atom is -0.328 e. The van der Waals surface area contributed by atoms with Crippen LogP contribution in [0.5, 0.6) is 0 Å². The first-order valence-electron chi connectivity index (χ1n) is 12.5. The van der Waals surface area contributed by atoms with Gasteiger partial charge in [0.15, 0.2) is 0 Å². The molecular weight excluding hydrogens is 510 g/mol. The molecule has 8 heteroatoms. The summed E-state index contributed by atoms with van der Waals surface area (Å²) < 4.78 is 1.84. The predicted octanol–water partition coefficient (Wildman–Crippen LogP) is 7.15. The molecule has 0 aliphatic carbocycles. The summed E-state index contributed by atoms with van der Waals surface area (Å²) in [4.78, 5) is 19.7. The van der Waals surface area contributed by atoms with Crippen LogP contribution in [0.2, 0.25) is 0 Å². The van der Waals surface area contributed by atoms with Crippen molar-refractivity contribution in [3.63, 3.8) is 0 Å². The Morgan fingerprint density at radius 3 is 2.47 bits per heavy atom. The summed E-state index contributed by atoms with van der Waals surface area (Å²) >= 11 is 3.28. The molecule has 0 unspecified atom stereocenters. The summed E-state index contributed by atoms with van der Waals surface area (Å²) in [5.74, 6) is 1.25. The van der Waals surface area contributed by atoms with Gasteiger partial charge in [0.05, 0.1) is 5.57 Å². The van der Waals surface area contributed by atoms with E-state index in [0.717, 1.165) is 38.7 Å². The van der Waals surface area contributed by atoms with E-state index in [0.29, 0.717) is 16.7 Å². The number of rotatable bonds is 7. The van der Waals surface area contributed by atoms with Gasteiger partial charge in [0.1, 0.15) is 6.04 Å².